The van der Waals surface area contributed by atoms with Gasteiger partial charge in [-0.25, -0.2) is 0 Å². The number of likely N-dealkylation sites (tertiary alicyclic amines) is 1. The molecule has 5 nitrogen and oxygen atoms in total. The van der Waals surface area contributed by atoms with Crippen LogP contribution < -0.4 is 0 Å². The van der Waals surface area contributed by atoms with Crippen molar-refractivity contribution in [2.75, 3.05) is 13.1 Å². The largest absolute Gasteiger partial charge is 0.481 e. The van der Waals surface area contributed by atoms with Gasteiger partial charge < -0.3 is 14.6 Å². The van der Waals surface area contributed by atoms with Crippen molar-refractivity contribution in [3.05, 3.63) is 24.0 Å². The first-order valence-electron chi connectivity index (χ1n) is 5.64. The fourth-order valence-electron chi connectivity index (χ4n) is 2.30. The third-order valence-electron chi connectivity index (χ3n) is 3.38. The summed E-state index contributed by atoms with van der Waals surface area (Å²) in [6, 6.07) is 3.56. The maximum atomic E-state index is 12.2. The lowest BCUT2D eigenvalue weighted by atomic mass is 9.99. The molecule has 2 atom stereocenters. The third-order valence-corrected chi connectivity index (χ3v) is 3.38. The van der Waals surface area contributed by atoms with Crippen molar-refractivity contribution in [1.29, 1.82) is 0 Å². The number of carbonyl (C=O) groups excluding carboxylic acids is 1. The van der Waals surface area contributed by atoms with Crippen molar-refractivity contribution in [2.45, 2.75) is 6.92 Å². The number of amides is 1. The van der Waals surface area contributed by atoms with Crippen molar-refractivity contribution >= 4 is 11.9 Å². The molecule has 0 saturated carbocycles. The first-order chi connectivity index (χ1) is 8.00. The van der Waals surface area contributed by atoms with E-state index in [0.29, 0.717) is 18.8 Å². The Morgan fingerprint density at radius 2 is 2.12 bits per heavy atom. The zero-order chi connectivity index (χ0) is 12.6. The molecule has 1 N–H and O–H groups in total. The van der Waals surface area contributed by atoms with Gasteiger partial charge in [-0.2, -0.15) is 0 Å². The molecule has 1 fully saturated rings. The molecule has 0 aromatic carbocycles. The van der Waals surface area contributed by atoms with Gasteiger partial charge in [-0.05, 0) is 18.1 Å². The number of nitrogens with zero attached hydrogens (tertiary/aromatic N) is 2. The third kappa shape index (κ3) is 2.05. The number of hydrogen-bond donors (Lipinski definition) is 1. The number of aliphatic carboxylic acids is 1. The minimum absolute atomic E-state index is 0.0109. The number of carbonyl (C=O) groups is 2. The van der Waals surface area contributed by atoms with Gasteiger partial charge in [-0.1, -0.05) is 6.92 Å². The Bertz CT molecular complexity index is 452. The molecule has 17 heavy (non-hydrogen) atoms. The molecule has 92 valence electrons. The topological polar surface area (TPSA) is 62.5 Å². The van der Waals surface area contributed by atoms with Gasteiger partial charge >= 0.3 is 5.97 Å². The Morgan fingerprint density at radius 3 is 2.59 bits per heavy atom. The van der Waals surface area contributed by atoms with Gasteiger partial charge in [0.25, 0.3) is 5.91 Å². The van der Waals surface area contributed by atoms with E-state index in [1.54, 1.807) is 34.8 Å². The molecule has 1 amide bonds. The normalized spacial score (nSPS) is 24.0. The maximum absolute atomic E-state index is 12.2. The van der Waals surface area contributed by atoms with Gasteiger partial charge in [-0.15, -0.1) is 0 Å². The second-order valence-electron chi connectivity index (χ2n) is 4.64. The fraction of sp³-hybridized carbons (Fsp3) is 0.500. The summed E-state index contributed by atoms with van der Waals surface area (Å²) in [6.45, 7) is 2.69. The standard InChI is InChI=1S/C12H16N2O3/c1-8-6-14(7-9(8)12(16)17)11(15)10-4-3-5-13(10)2/h3-5,8-9H,6-7H2,1-2H3,(H,16,17)/t8-,9-/m1/s1. The maximum Gasteiger partial charge on any atom is 0.308 e. The van der Waals surface area contributed by atoms with Crippen LogP contribution in [0.3, 0.4) is 0 Å². The van der Waals surface area contributed by atoms with Crippen LogP contribution in [0.2, 0.25) is 0 Å². The van der Waals surface area contributed by atoms with Crippen molar-refractivity contribution in [1.82, 2.24) is 9.47 Å². The number of carboxylic acids is 1. The van der Waals surface area contributed by atoms with Gasteiger partial charge in [0.05, 0.1) is 5.92 Å². The van der Waals surface area contributed by atoms with E-state index >= 15 is 0 Å². The molecule has 0 spiro atoms. The van der Waals surface area contributed by atoms with Gasteiger partial charge in [-0.3, -0.25) is 9.59 Å². The SMILES string of the molecule is C[C@@H]1CN(C(=O)c2cccn2C)C[C@H]1C(=O)O. The molecule has 1 aliphatic rings. The lowest BCUT2D eigenvalue weighted by Crippen LogP contribution is -2.31. The Balaban J connectivity index is 2.13. The van der Waals surface area contributed by atoms with Crippen LogP contribution in [0.25, 0.3) is 0 Å². The van der Waals surface area contributed by atoms with Crippen LogP contribution in [0.5, 0.6) is 0 Å². The Hall–Kier alpha value is -1.78. The molecule has 2 rings (SSSR count). The summed E-state index contributed by atoms with van der Waals surface area (Å²) in [6.07, 6.45) is 1.81. The minimum atomic E-state index is -0.820. The summed E-state index contributed by atoms with van der Waals surface area (Å²) in [5.74, 6) is -1.34. The summed E-state index contributed by atoms with van der Waals surface area (Å²) >= 11 is 0. The van der Waals surface area contributed by atoms with E-state index in [4.69, 9.17) is 5.11 Å². The highest BCUT2D eigenvalue weighted by molar-refractivity contribution is 5.93. The average molecular weight is 236 g/mol. The zero-order valence-corrected chi connectivity index (χ0v) is 9.96. The van der Waals surface area contributed by atoms with Crippen LogP contribution in [0.15, 0.2) is 18.3 Å². The predicted molar refractivity (Wildman–Crippen MR) is 61.6 cm³/mol. The Labute approximate surface area is 99.6 Å². The Morgan fingerprint density at radius 1 is 1.41 bits per heavy atom. The molecule has 0 aliphatic carbocycles. The van der Waals surface area contributed by atoms with E-state index in [1.165, 1.54) is 0 Å². The van der Waals surface area contributed by atoms with E-state index in [1.807, 2.05) is 6.92 Å². The summed E-state index contributed by atoms with van der Waals surface area (Å²) in [5, 5.41) is 9.03. The summed E-state index contributed by atoms with van der Waals surface area (Å²) in [5.41, 5.74) is 0.600. The summed E-state index contributed by atoms with van der Waals surface area (Å²) in [7, 11) is 1.81. The summed E-state index contributed by atoms with van der Waals surface area (Å²) in [4.78, 5) is 24.8. The van der Waals surface area contributed by atoms with Crippen molar-refractivity contribution in [2.24, 2.45) is 18.9 Å². The molecule has 1 aromatic rings. The first-order valence-corrected chi connectivity index (χ1v) is 5.64. The first kappa shape index (κ1) is 11.7. The highest BCUT2D eigenvalue weighted by Crippen LogP contribution is 2.24. The monoisotopic (exact) mass is 236 g/mol. The van der Waals surface area contributed by atoms with Gasteiger partial charge in [0.2, 0.25) is 0 Å². The van der Waals surface area contributed by atoms with Crippen LogP contribution in [0.4, 0.5) is 0 Å². The van der Waals surface area contributed by atoms with E-state index in [2.05, 4.69) is 0 Å². The Kier molecular flexibility index (Phi) is 2.92. The molecule has 0 bridgehead atoms. The van der Waals surface area contributed by atoms with Crippen LogP contribution in [-0.2, 0) is 11.8 Å². The molecule has 2 heterocycles. The zero-order valence-electron chi connectivity index (χ0n) is 9.96. The number of hydrogen-bond acceptors (Lipinski definition) is 2. The molecule has 5 heteroatoms. The van der Waals surface area contributed by atoms with Crippen molar-refractivity contribution in [3.8, 4) is 0 Å². The molecule has 1 aliphatic heterocycles. The minimum Gasteiger partial charge on any atom is -0.481 e. The molecular formula is C12H16N2O3. The smallest absolute Gasteiger partial charge is 0.308 e. The molecule has 0 unspecified atom stereocenters. The number of aromatic nitrogens is 1. The molecule has 1 aromatic heterocycles. The molecule has 1 saturated heterocycles. The highest BCUT2D eigenvalue weighted by Gasteiger charge is 2.37. The number of carboxylic acid groups (broad SMARTS) is 1. The second-order valence-corrected chi connectivity index (χ2v) is 4.64. The van der Waals surface area contributed by atoms with Crippen LogP contribution in [0.1, 0.15) is 17.4 Å². The van der Waals surface area contributed by atoms with E-state index in [0.717, 1.165) is 0 Å². The number of rotatable bonds is 2. The van der Waals surface area contributed by atoms with Crippen LogP contribution >= 0.6 is 0 Å². The predicted octanol–water partition coefficient (Wildman–Crippen LogP) is 0.818. The highest BCUT2D eigenvalue weighted by atomic mass is 16.4. The van der Waals surface area contributed by atoms with E-state index in [-0.39, 0.29) is 11.8 Å². The average Bonchev–Trinajstić information content (AvgIpc) is 2.83. The summed E-state index contributed by atoms with van der Waals surface area (Å²) < 4.78 is 1.75. The van der Waals surface area contributed by atoms with E-state index < -0.39 is 11.9 Å². The quantitative estimate of drug-likeness (QED) is 0.826. The van der Waals surface area contributed by atoms with Crippen LogP contribution in [0, 0.1) is 11.8 Å². The van der Waals surface area contributed by atoms with E-state index in [9.17, 15) is 9.59 Å². The van der Waals surface area contributed by atoms with Gasteiger partial charge in [0.1, 0.15) is 5.69 Å². The van der Waals surface area contributed by atoms with Crippen molar-refractivity contribution in [3.63, 3.8) is 0 Å². The molecule has 0 radical (unpaired) electrons. The molecular weight excluding hydrogens is 220 g/mol. The second kappa shape index (κ2) is 4.24. The van der Waals surface area contributed by atoms with Crippen molar-refractivity contribution < 1.29 is 14.7 Å². The lowest BCUT2D eigenvalue weighted by Gasteiger charge is -2.16. The van der Waals surface area contributed by atoms with Crippen LogP contribution in [-0.4, -0.2) is 39.5 Å². The fourth-order valence-corrected chi connectivity index (χ4v) is 2.30. The van der Waals surface area contributed by atoms with Gasteiger partial charge in [0.15, 0.2) is 0 Å². The van der Waals surface area contributed by atoms with Gasteiger partial charge in [0, 0.05) is 26.3 Å². The lowest BCUT2D eigenvalue weighted by molar-refractivity contribution is -0.142. The number of aryl methyl sites for hydroxylation is 1.